The number of esters is 1. The van der Waals surface area contributed by atoms with E-state index in [0.717, 1.165) is 19.3 Å². The van der Waals surface area contributed by atoms with Crippen LogP contribution in [0.1, 0.15) is 52.9 Å². The molecule has 1 aliphatic heterocycles. The largest absolute Gasteiger partial charge is 0.455 e. The molecular weight excluding hydrogens is 406 g/mol. The highest BCUT2D eigenvalue weighted by atomic mass is 32.2. The highest BCUT2D eigenvalue weighted by Crippen LogP contribution is 2.24. The van der Waals surface area contributed by atoms with Crippen molar-refractivity contribution in [3.63, 3.8) is 0 Å². The number of nitrogens with zero attached hydrogens (tertiary/aromatic N) is 2. The molecule has 1 N–H and O–H groups in total. The van der Waals surface area contributed by atoms with Gasteiger partial charge in [0.15, 0.2) is 6.61 Å². The van der Waals surface area contributed by atoms with Gasteiger partial charge in [0.05, 0.1) is 5.92 Å². The lowest BCUT2D eigenvalue weighted by Crippen LogP contribution is -2.41. The van der Waals surface area contributed by atoms with E-state index in [9.17, 15) is 18.0 Å². The minimum Gasteiger partial charge on any atom is -0.455 e. The molecule has 1 aromatic rings. The number of hydrogen-bond acceptors (Lipinski definition) is 6. The summed E-state index contributed by atoms with van der Waals surface area (Å²) in [6.45, 7) is 6.44. The van der Waals surface area contributed by atoms with Crippen LogP contribution in [0.25, 0.3) is 0 Å². The van der Waals surface area contributed by atoms with Gasteiger partial charge in [-0.3, -0.25) is 14.6 Å². The molecule has 1 amide bonds. The minimum absolute atomic E-state index is 0.0378. The summed E-state index contributed by atoms with van der Waals surface area (Å²) in [5.41, 5.74) is 0. The standard InChI is InChI=1S/C21H33N3O5S/c1-16(2)6-4-7-17(3)23-20(25)15-29-21(26)18-9-12-24(13-10-18)30(27,28)19-8-5-11-22-14-19/h5,8,11,14,16-18H,4,6-7,9-10,12-13,15H2,1-3H3,(H,23,25). The molecule has 30 heavy (non-hydrogen) atoms. The summed E-state index contributed by atoms with van der Waals surface area (Å²) < 4.78 is 31.7. The molecule has 1 atom stereocenters. The Hall–Kier alpha value is -2.00. The summed E-state index contributed by atoms with van der Waals surface area (Å²) in [5.74, 6) is -0.519. The van der Waals surface area contributed by atoms with Crippen molar-refractivity contribution < 1.29 is 22.7 Å². The average Bonchev–Trinajstić information content (AvgIpc) is 2.72. The molecule has 168 valence electrons. The second-order valence-electron chi connectivity index (χ2n) is 8.27. The van der Waals surface area contributed by atoms with E-state index in [-0.39, 0.29) is 36.5 Å². The van der Waals surface area contributed by atoms with Crippen molar-refractivity contribution in [2.45, 2.75) is 63.8 Å². The Morgan fingerprint density at radius 3 is 2.53 bits per heavy atom. The third kappa shape index (κ3) is 7.36. The molecule has 0 spiro atoms. The van der Waals surface area contributed by atoms with E-state index in [0.29, 0.717) is 18.8 Å². The number of pyridine rings is 1. The van der Waals surface area contributed by atoms with Gasteiger partial charge in [0, 0.05) is 31.5 Å². The zero-order valence-corrected chi connectivity index (χ0v) is 18.9. The zero-order chi connectivity index (χ0) is 22.1. The Kier molecular flexibility index (Phi) is 9.23. The number of ether oxygens (including phenoxy) is 1. The van der Waals surface area contributed by atoms with Gasteiger partial charge in [0.1, 0.15) is 4.90 Å². The van der Waals surface area contributed by atoms with E-state index in [4.69, 9.17) is 4.74 Å². The maximum Gasteiger partial charge on any atom is 0.309 e. The maximum atomic E-state index is 12.6. The zero-order valence-electron chi connectivity index (χ0n) is 18.0. The smallest absolute Gasteiger partial charge is 0.309 e. The SMILES string of the molecule is CC(C)CCCC(C)NC(=O)COC(=O)C1CCN(S(=O)(=O)c2cccnc2)CC1. The Bertz CT molecular complexity index is 790. The number of carbonyl (C=O) groups is 2. The lowest BCUT2D eigenvalue weighted by Gasteiger charge is -2.30. The molecule has 0 aromatic carbocycles. The van der Waals surface area contributed by atoms with Crippen LogP contribution in [-0.4, -0.2) is 55.3 Å². The summed E-state index contributed by atoms with van der Waals surface area (Å²) in [6, 6.07) is 3.12. The van der Waals surface area contributed by atoms with Crippen LogP contribution in [0.4, 0.5) is 0 Å². The monoisotopic (exact) mass is 439 g/mol. The van der Waals surface area contributed by atoms with Crippen molar-refractivity contribution in [3.8, 4) is 0 Å². The van der Waals surface area contributed by atoms with Gasteiger partial charge in [-0.05, 0) is 44.2 Å². The van der Waals surface area contributed by atoms with Crippen LogP contribution in [0.3, 0.4) is 0 Å². The van der Waals surface area contributed by atoms with Crippen molar-refractivity contribution in [1.82, 2.24) is 14.6 Å². The quantitative estimate of drug-likeness (QED) is 0.561. The first-order valence-electron chi connectivity index (χ1n) is 10.6. The number of nitrogens with one attached hydrogen (secondary N) is 1. The molecule has 1 aromatic heterocycles. The minimum atomic E-state index is -3.61. The van der Waals surface area contributed by atoms with Gasteiger partial charge in [-0.1, -0.05) is 26.7 Å². The van der Waals surface area contributed by atoms with Crippen molar-refractivity contribution in [2.75, 3.05) is 19.7 Å². The van der Waals surface area contributed by atoms with Gasteiger partial charge in [-0.15, -0.1) is 0 Å². The first kappa shape index (κ1) is 24.3. The molecule has 9 heteroatoms. The molecule has 0 bridgehead atoms. The van der Waals surface area contributed by atoms with Gasteiger partial charge in [-0.25, -0.2) is 8.42 Å². The second kappa shape index (κ2) is 11.4. The third-order valence-corrected chi connectivity index (χ3v) is 7.11. The van der Waals surface area contributed by atoms with Crippen LogP contribution in [-0.2, 0) is 24.3 Å². The fourth-order valence-electron chi connectivity index (χ4n) is 3.46. The molecule has 2 rings (SSSR count). The lowest BCUT2D eigenvalue weighted by molar-refractivity contribution is -0.153. The summed E-state index contributed by atoms with van der Waals surface area (Å²) >= 11 is 0. The fourth-order valence-corrected chi connectivity index (χ4v) is 4.89. The van der Waals surface area contributed by atoms with E-state index in [1.165, 1.54) is 22.8 Å². The van der Waals surface area contributed by atoms with Gasteiger partial charge in [-0.2, -0.15) is 4.31 Å². The van der Waals surface area contributed by atoms with Gasteiger partial charge < -0.3 is 10.1 Å². The van der Waals surface area contributed by atoms with Crippen molar-refractivity contribution in [1.29, 1.82) is 0 Å². The lowest BCUT2D eigenvalue weighted by atomic mass is 9.98. The molecule has 8 nitrogen and oxygen atoms in total. The molecule has 0 radical (unpaired) electrons. The number of sulfonamides is 1. The van der Waals surface area contributed by atoms with Crippen molar-refractivity contribution in [3.05, 3.63) is 24.5 Å². The summed E-state index contributed by atoms with van der Waals surface area (Å²) in [5, 5.41) is 2.85. The van der Waals surface area contributed by atoms with E-state index in [1.807, 2.05) is 6.92 Å². The predicted molar refractivity (Wildman–Crippen MR) is 113 cm³/mol. The molecule has 1 unspecified atom stereocenters. The van der Waals surface area contributed by atoms with E-state index < -0.39 is 21.9 Å². The van der Waals surface area contributed by atoms with Crippen LogP contribution in [0.5, 0.6) is 0 Å². The van der Waals surface area contributed by atoms with E-state index in [2.05, 4.69) is 24.1 Å². The number of hydrogen-bond donors (Lipinski definition) is 1. The molecule has 0 aliphatic carbocycles. The normalized spacial score (nSPS) is 16.9. The van der Waals surface area contributed by atoms with Crippen molar-refractivity contribution >= 4 is 21.9 Å². The highest BCUT2D eigenvalue weighted by molar-refractivity contribution is 7.89. The average molecular weight is 440 g/mol. The second-order valence-corrected chi connectivity index (χ2v) is 10.2. The van der Waals surface area contributed by atoms with Crippen LogP contribution >= 0.6 is 0 Å². The molecule has 2 heterocycles. The molecule has 1 aliphatic rings. The Morgan fingerprint density at radius 1 is 1.23 bits per heavy atom. The summed E-state index contributed by atoms with van der Waals surface area (Å²) in [4.78, 5) is 28.3. The number of amides is 1. The highest BCUT2D eigenvalue weighted by Gasteiger charge is 2.33. The fraction of sp³-hybridized carbons (Fsp3) is 0.667. The first-order chi connectivity index (χ1) is 14.2. The van der Waals surface area contributed by atoms with E-state index >= 15 is 0 Å². The number of aromatic nitrogens is 1. The van der Waals surface area contributed by atoms with Crippen LogP contribution in [0.2, 0.25) is 0 Å². The molecule has 1 fully saturated rings. The van der Waals surface area contributed by atoms with Gasteiger partial charge >= 0.3 is 5.97 Å². The van der Waals surface area contributed by atoms with E-state index in [1.54, 1.807) is 6.07 Å². The Balaban J connectivity index is 1.72. The molecule has 0 saturated carbocycles. The maximum absolute atomic E-state index is 12.6. The van der Waals surface area contributed by atoms with Gasteiger partial charge in [0.2, 0.25) is 10.0 Å². The van der Waals surface area contributed by atoms with Gasteiger partial charge in [0.25, 0.3) is 5.91 Å². The van der Waals surface area contributed by atoms with Crippen LogP contribution in [0, 0.1) is 11.8 Å². The Labute approximate surface area is 179 Å². The summed E-state index contributed by atoms with van der Waals surface area (Å²) in [7, 11) is -3.61. The topological polar surface area (TPSA) is 106 Å². The van der Waals surface area contributed by atoms with Crippen LogP contribution < -0.4 is 5.32 Å². The van der Waals surface area contributed by atoms with Crippen LogP contribution in [0.15, 0.2) is 29.4 Å². The van der Waals surface area contributed by atoms with Crippen molar-refractivity contribution in [2.24, 2.45) is 11.8 Å². The number of piperidine rings is 1. The Morgan fingerprint density at radius 2 is 1.93 bits per heavy atom. The third-order valence-electron chi connectivity index (χ3n) is 5.23. The predicted octanol–water partition coefficient (Wildman–Crippen LogP) is 2.36. The molecule has 1 saturated heterocycles. The number of carbonyl (C=O) groups excluding carboxylic acids is 2. The summed E-state index contributed by atoms with van der Waals surface area (Å²) in [6.07, 6.45) is 6.62. The number of rotatable bonds is 10. The molecular formula is C21H33N3O5S. The first-order valence-corrected chi connectivity index (χ1v) is 12.0.